The third kappa shape index (κ3) is 3.49. The van der Waals surface area contributed by atoms with Gasteiger partial charge in [-0.3, -0.25) is 4.72 Å². The number of nitrogens with zero attached hydrogens (tertiary/aromatic N) is 1. The summed E-state index contributed by atoms with van der Waals surface area (Å²) in [4.78, 5) is 0. The zero-order valence-electron chi connectivity index (χ0n) is 9.94. The van der Waals surface area contributed by atoms with Crippen molar-refractivity contribution in [2.24, 2.45) is 0 Å². The van der Waals surface area contributed by atoms with Crippen LogP contribution in [-0.2, 0) is 10.2 Å². The fraction of sp³-hybridized carbons (Fsp3) is 0.400. The molecule has 0 atom stereocenters. The fourth-order valence-electron chi connectivity index (χ4n) is 1.11. The van der Waals surface area contributed by atoms with E-state index in [0.29, 0.717) is 10.7 Å². The van der Waals surface area contributed by atoms with E-state index in [1.807, 2.05) is 0 Å². The maximum absolute atomic E-state index is 11.9. The molecule has 17 heavy (non-hydrogen) atoms. The van der Waals surface area contributed by atoms with Crippen LogP contribution in [-0.4, -0.2) is 25.8 Å². The van der Waals surface area contributed by atoms with Crippen molar-refractivity contribution in [1.82, 2.24) is 4.31 Å². The lowest BCUT2D eigenvalue weighted by Gasteiger charge is -2.22. The molecule has 0 spiro atoms. The van der Waals surface area contributed by atoms with E-state index < -0.39 is 10.2 Å². The van der Waals surface area contributed by atoms with E-state index in [1.54, 1.807) is 26.0 Å². The minimum absolute atomic E-state index is 0.145. The third-order valence-electron chi connectivity index (χ3n) is 2.36. The number of rotatable bonds is 4. The Morgan fingerprint density at radius 3 is 2.53 bits per heavy atom. The first-order valence-electron chi connectivity index (χ1n) is 5.05. The first-order valence-corrected chi connectivity index (χ1v) is 6.86. The highest BCUT2D eigenvalue weighted by atomic mass is 35.5. The number of nitrogens with one attached hydrogen (secondary N) is 1. The van der Waals surface area contributed by atoms with Gasteiger partial charge < -0.3 is 5.73 Å². The lowest BCUT2D eigenvalue weighted by Crippen LogP contribution is -2.37. The third-order valence-corrected chi connectivity index (χ3v) is 4.25. The Labute approximate surface area is 107 Å². The molecule has 0 aliphatic carbocycles. The zero-order valence-corrected chi connectivity index (χ0v) is 11.5. The van der Waals surface area contributed by atoms with Gasteiger partial charge in [0.25, 0.3) is 0 Å². The lowest BCUT2D eigenvalue weighted by atomic mass is 10.3. The van der Waals surface area contributed by atoms with Crippen LogP contribution in [0.3, 0.4) is 0 Å². The molecule has 0 fully saturated rings. The smallest absolute Gasteiger partial charge is 0.301 e. The van der Waals surface area contributed by atoms with Gasteiger partial charge >= 0.3 is 10.2 Å². The number of anilines is 2. The van der Waals surface area contributed by atoms with E-state index in [2.05, 4.69) is 4.72 Å². The first kappa shape index (κ1) is 14.1. The number of nitrogen functional groups attached to an aromatic ring is 1. The molecule has 0 saturated carbocycles. The van der Waals surface area contributed by atoms with Crippen molar-refractivity contribution in [3.05, 3.63) is 23.2 Å². The summed E-state index contributed by atoms with van der Waals surface area (Å²) < 4.78 is 27.5. The molecule has 0 bridgehead atoms. The van der Waals surface area contributed by atoms with E-state index in [-0.39, 0.29) is 11.7 Å². The van der Waals surface area contributed by atoms with Crippen LogP contribution in [0.2, 0.25) is 5.02 Å². The van der Waals surface area contributed by atoms with Crippen LogP contribution < -0.4 is 10.5 Å². The quantitative estimate of drug-likeness (QED) is 0.826. The van der Waals surface area contributed by atoms with E-state index in [1.165, 1.54) is 17.4 Å². The highest BCUT2D eigenvalue weighted by molar-refractivity contribution is 7.90. The SMILES string of the molecule is CC(C)N(C)S(=O)(=O)Nc1cc(Cl)ccc1N. The molecule has 96 valence electrons. The van der Waals surface area contributed by atoms with Gasteiger partial charge in [-0.2, -0.15) is 12.7 Å². The van der Waals surface area contributed by atoms with Crippen LogP contribution in [0.25, 0.3) is 0 Å². The molecule has 7 heteroatoms. The lowest BCUT2D eigenvalue weighted by molar-refractivity contribution is 0.414. The van der Waals surface area contributed by atoms with Crippen molar-refractivity contribution >= 4 is 33.2 Å². The van der Waals surface area contributed by atoms with Gasteiger partial charge in [-0.15, -0.1) is 0 Å². The Balaban J connectivity index is 3.02. The molecular formula is C10H16ClN3O2S. The van der Waals surface area contributed by atoms with Crippen molar-refractivity contribution in [3.8, 4) is 0 Å². The molecule has 1 aromatic carbocycles. The fourth-order valence-corrected chi connectivity index (χ4v) is 2.43. The number of hydrogen-bond acceptors (Lipinski definition) is 3. The Kier molecular flexibility index (Phi) is 4.24. The number of halogens is 1. The van der Waals surface area contributed by atoms with E-state index in [0.717, 1.165) is 0 Å². The molecule has 1 rings (SSSR count). The summed E-state index contributed by atoms with van der Waals surface area (Å²) in [5, 5.41) is 0.420. The summed E-state index contributed by atoms with van der Waals surface area (Å²) in [5.41, 5.74) is 6.28. The van der Waals surface area contributed by atoms with Crippen molar-refractivity contribution in [3.63, 3.8) is 0 Å². The van der Waals surface area contributed by atoms with Gasteiger partial charge in [0.1, 0.15) is 0 Å². The monoisotopic (exact) mass is 277 g/mol. The van der Waals surface area contributed by atoms with Crippen LogP contribution in [0.5, 0.6) is 0 Å². The first-order chi connectivity index (χ1) is 7.74. The van der Waals surface area contributed by atoms with Gasteiger partial charge in [-0.05, 0) is 32.0 Å². The second-order valence-corrected chi connectivity index (χ2v) is 6.12. The second kappa shape index (κ2) is 5.12. The minimum Gasteiger partial charge on any atom is -0.397 e. The molecule has 5 nitrogen and oxygen atoms in total. The normalized spacial score (nSPS) is 12.1. The summed E-state index contributed by atoms with van der Waals surface area (Å²) >= 11 is 5.78. The maximum atomic E-state index is 11.9. The average molecular weight is 278 g/mol. The predicted octanol–water partition coefficient (Wildman–Crippen LogP) is 1.92. The summed E-state index contributed by atoms with van der Waals surface area (Å²) in [6.45, 7) is 3.56. The number of hydrogen-bond donors (Lipinski definition) is 2. The molecular weight excluding hydrogens is 262 g/mol. The minimum atomic E-state index is -3.61. The predicted molar refractivity (Wildman–Crippen MR) is 71.3 cm³/mol. The Morgan fingerprint density at radius 1 is 1.41 bits per heavy atom. The molecule has 0 amide bonds. The van der Waals surface area contributed by atoms with E-state index in [4.69, 9.17) is 17.3 Å². The standard InChI is InChI=1S/C10H16ClN3O2S/c1-7(2)14(3)17(15,16)13-10-6-8(11)4-5-9(10)12/h4-7,13H,12H2,1-3H3. The van der Waals surface area contributed by atoms with Gasteiger partial charge in [0, 0.05) is 18.1 Å². The van der Waals surface area contributed by atoms with Crippen molar-refractivity contribution in [1.29, 1.82) is 0 Å². The molecule has 0 heterocycles. The Hall–Kier alpha value is -0.980. The van der Waals surface area contributed by atoms with Crippen LogP contribution in [0, 0.1) is 0 Å². The molecule has 0 unspecified atom stereocenters. The largest absolute Gasteiger partial charge is 0.397 e. The highest BCUT2D eigenvalue weighted by Crippen LogP contribution is 2.24. The topological polar surface area (TPSA) is 75.4 Å². The molecule has 3 N–H and O–H groups in total. The zero-order chi connectivity index (χ0) is 13.2. The molecule has 0 aliphatic rings. The summed E-state index contributed by atoms with van der Waals surface area (Å²) in [7, 11) is -2.11. The van der Waals surface area contributed by atoms with Crippen LogP contribution in [0.4, 0.5) is 11.4 Å². The summed E-state index contributed by atoms with van der Waals surface area (Å²) in [6, 6.07) is 4.48. The number of nitrogens with two attached hydrogens (primary N) is 1. The molecule has 0 aromatic heterocycles. The van der Waals surface area contributed by atoms with Gasteiger partial charge in [0.2, 0.25) is 0 Å². The van der Waals surface area contributed by atoms with Crippen molar-refractivity contribution in [2.45, 2.75) is 19.9 Å². The summed E-state index contributed by atoms with van der Waals surface area (Å²) in [6.07, 6.45) is 0. The maximum Gasteiger partial charge on any atom is 0.301 e. The van der Waals surface area contributed by atoms with Crippen LogP contribution >= 0.6 is 11.6 Å². The number of benzene rings is 1. The second-order valence-electron chi connectivity index (χ2n) is 3.95. The highest BCUT2D eigenvalue weighted by Gasteiger charge is 2.21. The van der Waals surface area contributed by atoms with Gasteiger partial charge in [0.05, 0.1) is 11.4 Å². The van der Waals surface area contributed by atoms with E-state index >= 15 is 0 Å². The van der Waals surface area contributed by atoms with Crippen molar-refractivity contribution < 1.29 is 8.42 Å². The van der Waals surface area contributed by atoms with Gasteiger partial charge in [-0.25, -0.2) is 0 Å². The Morgan fingerprint density at radius 2 is 2.00 bits per heavy atom. The molecule has 0 aliphatic heterocycles. The molecule has 0 radical (unpaired) electrons. The molecule has 1 aromatic rings. The van der Waals surface area contributed by atoms with E-state index in [9.17, 15) is 8.42 Å². The Bertz CT molecular complexity index is 502. The van der Waals surface area contributed by atoms with Crippen LogP contribution in [0.1, 0.15) is 13.8 Å². The van der Waals surface area contributed by atoms with Crippen molar-refractivity contribution in [2.75, 3.05) is 17.5 Å². The van der Waals surface area contributed by atoms with Gasteiger partial charge in [0.15, 0.2) is 0 Å². The van der Waals surface area contributed by atoms with Gasteiger partial charge in [-0.1, -0.05) is 11.6 Å². The molecule has 0 saturated heterocycles. The van der Waals surface area contributed by atoms with Crippen LogP contribution in [0.15, 0.2) is 18.2 Å². The summed E-state index contributed by atoms with van der Waals surface area (Å²) in [5.74, 6) is 0. The average Bonchev–Trinajstić information content (AvgIpc) is 2.21.